The molecule has 0 saturated carbocycles. The summed E-state index contributed by atoms with van der Waals surface area (Å²) in [7, 11) is 3.37. The van der Waals surface area contributed by atoms with Gasteiger partial charge in [-0.3, -0.25) is 0 Å². The van der Waals surface area contributed by atoms with Crippen LogP contribution in [0, 0.1) is 0 Å². The monoisotopic (exact) mass is 734 g/mol. The number of aliphatic hydroxyl groups is 1. The van der Waals surface area contributed by atoms with E-state index in [0.29, 0.717) is 6.61 Å². The first-order valence-corrected chi connectivity index (χ1v) is 21.5. The normalized spacial score (nSPS) is 12.9. The maximum absolute atomic E-state index is 11.6. The molecule has 6 heteroatoms. The fourth-order valence-electron chi connectivity index (χ4n) is 6.87. The number of hydrogen-bond donors (Lipinski definition) is 1. The Balaban J connectivity index is 1.74. The third-order valence-corrected chi connectivity index (χ3v) is 11.2. The molecule has 1 N–H and O–H groups in total. The van der Waals surface area contributed by atoms with E-state index in [1.165, 1.54) is 96.3 Å². The average Bonchev–Trinajstić information content (AvgIpc) is 3.19. The maximum atomic E-state index is 11.6. The van der Waals surface area contributed by atoms with Gasteiger partial charge in [-0.15, -0.1) is 11.8 Å². The van der Waals surface area contributed by atoms with Crippen molar-refractivity contribution in [2.24, 2.45) is 0 Å². The summed E-state index contributed by atoms with van der Waals surface area (Å²) >= 11 is 1.61. The van der Waals surface area contributed by atoms with Gasteiger partial charge in [0.2, 0.25) is 0 Å². The summed E-state index contributed by atoms with van der Waals surface area (Å²) in [5.74, 6) is 2.48. The van der Waals surface area contributed by atoms with Gasteiger partial charge in [-0.25, -0.2) is 0 Å². The van der Waals surface area contributed by atoms with Crippen molar-refractivity contribution in [1.82, 2.24) is 0 Å². The smallest absolute Gasteiger partial charge is 0.143 e. The summed E-state index contributed by atoms with van der Waals surface area (Å²) in [5.41, 5.74) is 1.30. The van der Waals surface area contributed by atoms with E-state index in [2.05, 4.69) is 50.2 Å². The van der Waals surface area contributed by atoms with Crippen molar-refractivity contribution < 1.29 is 24.1 Å². The predicted octanol–water partition coefficient (Wildman–Crippen LogP) is 12.5. The molecule has 290 valence electrons. The molecule has 0 aliphatic carbocycles. The molecule has 5 nitrogen and oxygen atoms in total. The van der Waals surface area contributed by atoms with E-state index in [1.54, 1.807) is 26.0 Å². The summed E-state index contributed by atoms with van der Waals surface area (Å²) in [5, 5.41) is 11.6. The third-order valence-electron chi connectivity index (χ3n) is 10.1. The molecule has 2 unspecified atom stereocenters. The van der Waals surface area contributed by atoms with E-state index in [9.17, 15) is 5.11 Å². The summed E-state index contributed by atoms with van der Waals surface area (Å²) < 4.78 is 24.8. The number of methoxy groups -OCH3 is 2. The van der Waals surface area contributed by atoms with Gasteiger partial charge in [0.1, 0.15) is 28.6 Å². The minimum absolute atomic E-state index is 0.232. The van der Waals surface area contributed by atoms with Crippen LogP contribution in [0.15, 0.2) is 78.9 Å². The van der Waals surface area contributed by atoms with Gasteiger partial charge < -0.3 is 24.1 Å². The Morgan fingerprint density at radius 1 is 0.538 bits per heavy atom. The first-order chi connectivity index (χ1) is 25.6. The fraction of sp³-hybridized carbons (Fsp3) is 0.609. The van der Waals surface area contributed by atoms with Crippen molar-refractivity contribution in [2.45, 2.75) is 147 Å². The standard InChI is InChI=1S/C46H70O5S/c1-5-7-9-11-13-15-16-18-20-25-37-52-45(47)44(50-36-24-19-17-14-12-10-8-6-2)38-51-46(39-26-22-21-23-27-39,40-28-32-42(48-3)33-29-40)41-30-34-43(49-4)35-31-41/h21-23,26-35,44-45,47H,5-20,24-25,36-38H2,1-4H3. The van der Waals surface area contributed by atoms with E-state index in [-0.39, 0.29) is 6.61 Å². The van der Waals surface area contributed by atoms with Gasteiger partial charge in [0, 0.05) is 6.61 Å². The maximum Gasteiger partial charge on any atom is 0.143 e. The molecule has 3 rings (SSSR count). The lowest BCUT2D eigenvalue weighted by molar-refractivity contribution is -0.0886. The zero-order valence-electron chi connectivity index (χ0n) is 33.0. The first kappa shape index (κ1) is 43.9. The molecule has 0 radical (unpaired) electrons. The molecule has 52 heavy (non-hydrogen) atoms. The van der Waals surface area contributed by atoms with Crippen LogP contribution >= 0.6 is 11.8 Å². The van der Waals surface area contributed by atoms with Crippen LogP contribution in [0.1, 0.15) is 146 Å². The lowest BCUT2D eigenvalue weighted by Crippen LogP contribution is -2.39. The highest BCUT2D eigenvalue weighted by Gasteiger charge is 2.39. The highest BCUT2D eigenvalue weighted by atomic mass is 32.2. The number of hydrogen-bond acceptors (Lipinski definition) is 6. The van der Waals surface area contributed by atoms with Gasteiger partial charge in [-0.1, -0.05) is 171 Å². The molecule has 2 atom stereocenters. The van der Waals surface area contributed by atoms with E-state index < -0.39 is 17.1 Å². The molecular formula is C46H70O5S. The molecule has 0 fully saturated rings. The van der Waals surface area contributed by atoms with E-state index in [1.807, 2.05) is 42.5 Å². The second kappa shape index (κ2) is 27.1. The minimum atomic E-state index is -0.958. The van der Waals surface area contributed by atoms with Crippen molar-refractivity contribution in [3.63, 3.8) is 0 Å². The molecular weight excluding hydrogens is 665 g/mol. The summed E-state index contributed by atoms with van der Waals surface area (Å²) in [6.45, 7) is 5.38. The number of unbranched alkanes of at least 4 members (excludes halogenated alkanes) is 16. The largest absolute Gasteiger partial charge is 0.497 e. The van der Waals surface area contributed by atoms with Gasteiger partial charge >= 0.3 is 0 Å². The molecule has 0 saturated heterocycles. The Kier molecular flexibility index (Phi) is 22.9. The van der Waals surface area contributed by atoms with Crippen molar-refractivity contribution in [3.05, 3.63) is 95.6 Å². The quantitative estimate of drug-likeness (QED) is 0.0403. The molecule has 3 aromatic rings. The molecule has 3 aromatic carbocycles. The number of ether oxygens (including phenoxy) is 4. The van der Waals surface area contributed by atoms with E-state index in [0.717, 1.165) is 53.2 Å². The van der Waals surface area contributed by atoms with E-state index >= 15 is 0 Å². The number of rotatable bonds is 31. The van der Waals surface area contributed by atoms with Crippen molar-refractivity contribution in [1.29, 1.82) is 0 Å². The zero-order valence-corrected chi connectivity index (χ0v) is 33.8. The second-order valence-corrected chi connectivity index (χ2v) is 15.4. The number of benzene rings is 3. The van der Waals surface area contributed by atoms with Crippen molar-refractivity contribution in [3.8, 4) is 11.5 Å². The first-order valence-electron chi connectivity index (χ1n) is 20.5. The Hall–Kier alpha value is -2.51. The van der Waals surface area contributed by atoms with Gasteiger partial charge in [0.05, 0.1) is 20.8 Å². The van der Waals surface area contributed by atoms with Crippen LogP contribution in [0.3, 0.4) is 0 Å². The summed E-state index contributed by atoms with van der Waals surface area (Å²) in [6.07, 6.45) is 22.5. The van der Waals surface area contributed by atoms with Crippen LogP contribution < -0.4 is 9.47 Å². The molecule has 0 bridgehead atoms. The highest BCUT2D eigenvalue weighted by Crippen LogP contribution is 2.42. The molecule has 0 amide bonds. The lowest BCUT2D eigenvalue weighted by atomic mass is 9.80. The molecule has 0 aliphatic heterocycles. The van der Waals surface area contributed by atoms with Crippen LogP contribution in [0.25, 0.3) is 0 Å². The Morgan fingerprint density at radius 3 is 1.42 bits per heavy atom. The van der Waals surface area contributed by atoms with Crippen LogP contribution in [-0.2, 0) is 15.1 Å². The molecule has 0 spiro atoms. The topological polar surface area (TPSA) is 57.2 Å². The van der Waals surface area contributed by atoms with Crippen molar-refractivity contribution >= 4 is 11.8 Å². The van der Waals surface area contributed by atoms with Gasteiger partial charge in [-0.05, 0) is 59.6 Å². The van der Waals surface area contributed by atoms with E-state index in [4.69, 9.17) is 18.9 Å². The number of aliphatic hydroxyl groups excluding tert-OH is 1. The summed E-state index contributed by atoms with van der Waals surface area (Å²) in [6, 6.07) is 26.6. The zero-order chi connectivity index (χ0) is 37.1. The predicted molar refractivity (Wildman–Crippen MR) is 221 cm³/mol. The van der Waals surface area contributed by atoms with Gasteiger partial charge in [-0.2, -0.15) is 0 Å². The number of thioether (sulfide) groups is 1. The average molecular weight is 735 g/mol. The summed E-state index contributed by atoms with van der Waals surface area (Å²) in [4.78, 5) is 0. The van der Waals surface area contributed by atoms with Crippen LogP contribution in [0.2, 0.25) is 0 Å². The lowest BCUT2D eigenvalue weighted by Gasteiger charge is -2.37. The van der Waals surface area contributed by atoms with Crippen molar-refractivity contribution in [2.75, 3.05) is 33.2 Å². The minimum Gasteiger partial charge on any atom is -0.497 e. The molecule has 0 heterocycles. The fourth-order valence-corrected chi connectivity index (χ4v) is 7.85. The van der Waals surface area contributed by atoms with Gasteiger partial charge in [0.15, 0.2) is 0 Å². The SMILES string of the molecule is CCCCCCCCCCCCSC(O)C(COC(c1ccccc1)(c1ccc(OC)cc1)c1ccc(OC)cc1)OCCCCCCCCCC. The molecule has 0 aliphatic rings. The Bertz CT molecular complexity index is 1220. The van der Waals surface area contributed by atoms with Gasteiger partial charge in [0.25, 0.3) is 0 Å². The third kappa shape index (κ3) is 15.5. The van der Waals surface area contributed by atoms with Crippen LogP contribution in [-0.4, -0.2) is 49.8 Å². The van der Waals surface area contributed by atoms with Crippen LogP contribution in [0.4, 0.5) is 0 Å². The highest BCUT2D eigenvalue weighted by molar-refractivity contribution is 7.99. The second-order valence-electron chi connectivity index (χ2n) is 14.1. The Labute approximate surface area is 321 Å². The Morgan fingerprint density at radius 2 is 0.962 bits per heavy atom. The molecule has 0 aromatic heterocycles. The van der Waals surface area contributed by atoms with Crippen LogP contribution in [0.5, 0.6) is 11.5 Å².